The number of carbonyl (C=O) groups excluding carboxylic acids is 2. The molecule has 2 rings (SSSR count). The molecule has 0 spiro atoms. The van der Waals surface area contributed by atoms with E-state index in [1.165, 1.54) is 26.5 Å². The molecule has 0 unspecified atom stereocenters. The van der Waals surface area contributed by atoms with Crippen LogP contribution in [0.3, 0.4) is 0 Å². The van der Waals surface area contributed by atoms with Gasteiger partial charge in [-0.2, -0.15) is 18.3 Å². The lowest BCUT2D eigenvalue weighted by Crippen LogP contribution is -2.24. The number of nitrogens with one attached hydrogen (secondary N) is 2. The average Bonchev–Trinajstić information content (AvgIpc) is 2.67. The summed E-state index contributed by atoms with van der Waals surface area (Å²) < 4.78 is 48.3. The molecule has 0 aliphatic carbocycles. The van der Waals surface area contributed by atoms with Gasteiger partial charge in [-0.1, -0.05) is 6.07 Å². The third-order valence-electron chi connectivity index (χ3n) is 3.63. The highest BCUT2D eigenvalue weighted by Gasteiger charge is 2.30. The van der Waals surface area contributed by atoms with Gasteiger partial charge in [0.2, 0.25) is 11.8 Å². The van der Waals surface area contributed by atoms with E-state index < -0.39 is 30.0 Å². The Morgan fingerprint density at radius 1 is 1.07 bits per heavy atom. The summed E-state index contributed by atoms with van der Waals surface area (Å²) in [6.45, 7) is 0. The number of carbonyl (C=O) groups is 2. The van der Waals surface area contributed by atoms with Gasteiger partial charge in [-0.15, -0.1) is 0 Å². The van der Waals surface area contributed by atoms with Crippen molar-refractivity contribution in [2.24, 2.45) is 5.10 Å². The molecule has 29 heavy (non-hydrogen) atoms. The SMILES string of the molecule is COc1ccc(C=NNC(=O)CC(=O)Nc2cccc(C(F)(F)F)c2)c(OC)c1. The molecule has 0 aromatic heterocycles. The number of anilines is 1. The van der Waals surface area contributed by atoms with E-state index in [1.807, 2.05) is 0 Å². The summed E-state index contributed by atoms with van der Waals surface area (Å²) in [5.74, 6) is -0.476. The molecule has 154 valence electrons. The van der Waals surface area contributed by atoms with E-state index in [4.69, 9.17) is 9.47 Å². The molecule has 2 N–H and O–H groups in total. The quantitative estimate of drug-likeness (QED) is 0.418. The summed E-state index contributed by atoms with van der Waals surface area (Å²) in [4.78, 5) is 23.6. The number of rotatable bonds is 7. The summed E-state index contributed by atoms with van der Waals surface area (Å²) in [6, 6.07) is 9.08. The average molecular weight is 409 g/mol. The first-order valence-corrected chi connectivity index (χ1v) is 8.24. The maximum absolute atomic E-state index is 12.7. The molecular weight excluding hydrogens is 391 g/mol. The minimum Gasteiger partial charge on any atom is -0.497 e. The molecule has 0 aliphatic rings. The minimum absolute atomic E-state index is 0.0657. The molecule has 0 radical (unpaired) electrons. The van der Waals surface area contributed by atoms with Crippen LogP contribution in [0.25, 0.3) is 0 Å². The number of hydrogen-bond acceptors (Lipinski definition) is 5. The van der Waals surface area contributed by atoms with Crippen molar-refractivity contribution in [2.75, 3.05) is 19.5 Å². The molecule has 10 heteroatoms. The minimum atomic E-state index is -4.53. The van der Waals surface area contributed by atoms with Gasteiger partial charge in [0.1, 0.15) is 17.9 Å². The van der Waals surface area contributed by atoms with Crippen LogP contribution in [0.15, 0.2) is 47.6 Å². The number of methoxy groups -OCH3 is 2. The second-order valence-electron chi connectivity index (χ2n) is 5.70. The molecule has 0 aliphatic heterocycles. The van der Waals surface area contributed by atoms with Crippen LogP contribution in [0.2, 0.25) is 0 Å². The van der Waals surface area contributed by atoms with Crippen LogP contribution in [0, 0.1) is 0 Å². The van der Waals surface area contributed by atoms with Crippen LogP contribution in [0.1, 0.15) is 17.5 Å². The third-order valence-corrected chi connectivity index (χ3v) is 3.63. The number of ether oxygens (including phenoxy) is 2. The van der Waals surface area contributed by atoms with Gasteiger partial charge >= 0.3 is 6.18 Å². The molecule has 0 bridgehead atoms. The van der Waals surface area contributed by atoms with Gasteiger partial charge in [0.25, 0.3) is 0 Å². The fourth-order valence-corrected chi connectivity index (χ4v) is 2.26. The summed E-state index contributed by atoms with van der Waals surface area (Å²) in [5, 5.41) is 5.98. The maximum Gasteiger partial charge on any atom is 0.416 e. The van der Waals surface area contributed by atoms with E-state index in [0.717, 1.165) is 18.2 Å². The molecule has 0 saturated heterocycles. The second kappa shape index (κ2) is 9.58. The molecule has 2 aromatic rings. The highest BCUT2D eigenvalue weighted by atomic mass is 19.4. The first kappa shape index (κ1) is 21.7. The van der Waals surface area contributed by atoms with E-state index in [0.29, 0.717) is 17.1 Å². The van der Waals surface area contributed by atoms with E-state index in [2.05, 4.69) is 15.8 Å². The lowest BCUT2D eigenvalue weighted by molar-refractivity contribution is -0.137. The van der Waals surface area contributed by atoms with Crippen molar-refractivity contribution in [1.82, 2.24) is 5.43 Å². The number of hydrogen-bond donors (Lipinski definition) is 2. The number of amides is 2. The fraction of sp³-hybridized carbons (Fsp3) is 0.211. The first-order chi connectivity index (χ1) is 13.7. The summed E-state index contributed by atoms with van der Waals surface area (Å²) >= 11 is 0. The largest absolute Gasteiger partial charge is 0.497 e. The Hall–Kier alpha value is -3.56. The first-order valence-electron chi connectivity index (χ1n) is 8.24. The van der Waals surface area contributed by atoms with Gasteiger partial charge in [-0.25, -0.2) is 5.43 Å². The number of hydrazone groups is 1. The molecule has 0 saturated carbocycles. The Morgan fingerprint density at radius 3 is 2.48 bits per heavy atom. The van der Waals surface area contributed by atoms with Crippen LogP contribution in [0.4, 0.5) is 18.9 Å². The summed E-state index contributed by atoms with van der Waals surface area (Å²) in [6.07, 6.45) is -3.83. The predicted octanol–water partition coefficient (Wildman–Crippen LogP) is 3.20. The van der Waals surface area contributed by atoms with Crippen molar-refractivity contribution in [3.63, 3.8) is 0 Å². The van der Waals surface area contributed by atoms with Gasteiger partial charge in [0.05, 0.1) is 26.0 Å². The molecule has 0 atom stereocenters. The monoisotopic (exact) mass is 409 g/mol. The van der Waals surface area contributed by atoms with Crippen LogP contribution in [0.5, 0.6) is 11.5 Å². The zero-order valence-corrected chi connectivity index (χ0v) is 15.5. The van der Waals surface area contributed by atoms with E-state index in [-0.39, 0.29) is 5.69 Å². The number of benzene rings is 2. The van der Waals surface area contributed by atoms with Gasteiger partial charge in [0.15, 0.2) is 0 Å². The predicted molar refractivity (Wildman–Crippen MR) is 100.0 cm³/mol. The van der Waals surface area contributed by atoms with Crippen molar-refractivity contribution >= 4 is 23.7 Å². The Bertz CT molecular complexity index is 914. The van der Waals surface area contributed by atoms with E-state index in [9.17, 15) is 22.8 Å². The van der Waals surface area contributed by atoms with Gasteiger partial charge < -0.3 is 14.8 Å². The smallest absolute Gasteiger partial charge is 0.416 e. The molecule has 0 heterocycles. The standard InChI is InChI=1S/C19H18F3N3O4/c1-28-15-7-6-12(16(9-15)29-2)11-23-25-18(27)10-17(26)24-14-5-3-4-13(8-14)19(20,21)22/h3-9,11H,10H2,1-2H3,(H,24,26)(H,25,27). The summed E-state index contributed by atoms with van der Waals surface area (Å²) in [5.41, 5.74) is 1.75. The summed E-state index contributed by atoms with van der Waals surface area (Å²) in [7, 11) is 2.97. The lowest BCUT2D eigenvalue weighted by atomic mass is 10.2. The zero-order chi connectivity index (χ0) is 21.4. The fourth-order valence-electron chi connectivity index (χ4n) is 2.26. The van der Waals surface area contributed by atoms with Crippen molar-refractivity contribution in [2.45, 2.75) is 12.6 Å². The maximum atomic E-state index is 12.7. The van der Waals surface area contributed by atoms with Crippen molar-refractivity contribution < 1.29 is 32.2 Å². The van der Waals surface area contributed by atoms with Crippen molar-refractivity contribution in [1.29, 1.82) is 0 Å². The highest BCUT2D eigenvalue weighted by Crippen LogP contribution is 2.30. The zero-order valence-electron chi connectivity index (χ0n) is 15.5. The van der Waals surface area contributed by atoms with Crippen LogP contribution >= 0.6 is 0 Å². The number of nitrogens with zero attached hydrogens (tertiary/aromatic N) is 1. The van der Waals surface area contributed by atoms with Gasteiger partial charge in [-0.3, -0.25) is 9.59 Å². The van der Waals surface area contributed by atoms with Crippen molar-refractivity contribution in [3.8, 4) is 11.5 Å². The molecular formula is C19H18F3N3O4. The lowest BCUT2D eigenvalue weighted by Gasteiger charge is -2.09. The van der Waals surface area contributed by atoms with E-state index >= 15 is 0 Å². The normalized spacial score (nSPS) is 11.2. The van der Waals surface area contributed by atoms with E-state index in [1.54, 1.807) is 18.2 Å². The topological polar surface area (TPSA) is 89.0 Å². The van der Waals surface area contributed by atoms with Crippen molar-refractivity contribution in [3.05, 3.63) is 53.6 Å². The third kappa shape index (κ3) is 6.52. The Balaban J connectivity index is 1.91. The molecule has 7 nitrogen and oxygen atoms in total. The molecule has 0 fully saturated rings. The van der Waals surface area contributed by atoms with Crippen LogP contribution in [-0.2, 0) is 15.8 Å². The Kier molecular flexibility index (Phi) is 7.18. The Morgan fingerprint density at radius 2 is 1.83 bits per heavy atom. The number of halogens is 3. The molecule has 2 amide bonds. The second-order valence-corrected chi connectivity index (χ2v) is 5.70. The van der Waals surface area contributed by atoms with Gasteiger partial charge in [-0.05, 0) is 30.3 Å². The highest BCUT2D eigenvalue weighted by molar-refractivity contribution is 6.03. The number of alkyl halides is 3. The van der Waals surface area contributed by atoms with Crippen LogP contribution in [-0.4, -0.2) is 32.2 Å². The van der Waals surface area contributed by atoms with Gasteiger partial charge in [0, 0.05) is 17.3 Å². The van der Waals surface area contributed by atoms with Crippen LogP contribution < -0.4 is 20.2 Å². The Labute approximate surface area is 164 Å². The molecule has 2 aromatic carbocycles.